The van der Waals surface area contributed by atoms with Gasteiger partial charge in [-0.3, -0.25) is 4.79 Å². The Balaban J connectivity index is 2.07. The highest BCUT2D eigenvalue weighted by atomic mass is 19.1. The Morgan fingerprint density at radius 2 is 1.25 bits per heavy atom. The summed E-state index contributed by atoms with van der Waals surface area (Å²) >= 11 is 0. The van der Waals surface area contributed by atoms with E-state index in [9.17, 15) is 18.4 Å². The van der Waals surface area contributed by atoms with Gasteiger partial charge in [-0.1, -0.05) is 117 Å². The summed E-state index contributed by atoms with van der Waals surface area (Å²) in [7, 11) is 0. The molecule has 0 fully saturated rings. The van der Waals surface area contributed by atoms with Crippen LogP contribution in [0.3, 0.4) is 0 Å². The predicted molar refractivity (Wildman–Crippen MR) is 143 cm³/mol. The van der Waals surface area contributed by atoms with Gasteiger partial charge in [0, 0.05) is 6.07 Å². The summed E-state index contributed by atoms with van der Waals surface area (Å²) in [6, 6.07) is 1.84. The normalized spacial score (nSPS) is 12.1. The minimum Gasteiger partial charge on any atom is -0.464 e. The molecule has 0 aliphatic rings. The maximum atomic E-state index is 13.9. The monoisotopic (exact) mass is 509 g/mol. The van der Waals surface area contributed by atoms with E-state index >= 15 is 0 Å². The number of unbranched alkanes of at least 4 members (excludes halogenated alkanes) is 15. The molecule has 1 N–H and O–H groups in total. The molecule has 1 rings (SSSR count). The molecule has 1 aromatic carbocycles. The Morgan fingerprint density at radius 1 is 0.778 bits per heavy atom. The third-order valence-corrected chi connectivity index (χ3v) is 6.63. The number of amides is 1. The van der Waals surface area contributed by atoms with Gasteiger partial charge in [0.15, 0.2) is 0 Å². The van der Waals surface area contributed by atoms with Gasteiger partial charge in [0.05, 0.1) is 12.2 Å². The van der Waals surface area contributed by atoms with Gasteiger partial charge in [-0.05, 0) is 24.5 Å². The van der Waals surface area contributed by atoms with Crippen molar-refractivity contribution in [2.75, 3.05) is 6.61 Å². The lowest BCUT2D eigenvalue weighted by molar-refractivity contribution is -0.147. The fourth-order valence-corrected chi connectivity index (χ4v) is 4.30. The Labute approximate surface area is 218 Å². The van der Waals surface area contributed by atoms with Crippen molar-refractivity contribution in [3.05, 3.63) is 35.4 Å². The minimum atomic E-state index is -0.962. The van der Waals surface area contributed by atoms with Crippen molar-refractivity contribution >= 4 is 11.9 Å². The number of halogens is 2. The minimum absolute atomic E-state index is 0.226. The third-order valence-electron chi connectivity index (χ3n) is 6.63. The van der Waals surface area contributed by atoms with E-state index < -0.39 is 29.6 Å². The van der Waals surface area contributed by atoms with Gasteiger partial charge in [0.2, 0.25) is 0 Å². The Morgan fingerprint density at radius 3 is 1.69 bits per heavy atom. The maximum absolute atomic E-state index is 13.9. The fourth-order valence-electron chi connectivity index (χ4n) is 4.30. The molecule has 0 bridgehead atoms. The smallest absolute Gasteiger partial charge is 0.328 e. The van der Waals surface area contributed by atoms with Gasteiger partial charge in [0.25, 0.3) is 5.91 Å². The molecule has 206 valence electrons. The van der Waals surface area contributed by atoms with Crippen LogP contribution < -0.4 is 5.32 Å². The van der Waals surface area contributed by atoms with Crippen molar-refractivity contribution in [3.63, 3.8) is 0 Å². The predicted octanol–water partition coefficient (Wildman–Crippen LogP) is 8.52. The summed E-state index contributed by atoms with van der Waals surface area (Å²) < 4.78 is 32.3. The molecule has 0 radical (unpaired) electrons. The molecular formula is C30H49F2NO3. The molecule has 0 saturated carbocycles. The highest BCUT2D eigenvalue weighted by Gasteiger charge is 2.27. The zero-order chi connectivity index (χ0) is 26.6. The van der Waals surface area contributed by atoms with Crippen molar-refractivity contribution in [2.24, 2.45) is 5.92 Å². The zero-order valence-electron chi connectivity index (χ0n) is 22.9. The van der Waals surface area contributed by atoms with Gasteiger partial charge in [0.1, 0.15) is 17.7 Å². The van der Waals surface area contributed by atoms with Gasteiger partial charge in [-0.25, -0.2) is 13.6 Å². The van der Waals surface area contributed by atoms with Gasteiger partial charge < -0.3 is 10.1 Å². The maximum Gasteiger partial charge on any atom is 0.328 e. The van der Waals surface area contributed by atoms with E-state index in [-0.39, 0.29) is 11.5 Å². The molecule has 4 nitrogen and oxygen atoms in total. The van der Waals surface area contributed by atoms with E-state index in [0.717, 1.165) is 31.4 Å². The number of hydrogen-bond donors (Lipinski definition) is 1. The quantitative estimate of drug-likeness (QED) is 0.133. The highest BCUT2D eigenvalue weighted by Crippen LogP contribution is 2.15. The van der Waals surface area contributed by atoms with Gasteiger partial charge >= 0.3 is 5.97 Å². The number of ether oxygens (including phenoxy) is 1. The Kier molecular flexibility index (Phi) is 17.9. The SMILES string of the molecule is CCCCCCCCCCCCCCCCCCOC(=O)C(NC(=O)c1ccc(F)cc1F)C(C)C. The van der Waals surface area contributed by atoms with Gasteiger partial charge in [-0.2, -0.15) is 0 Å². The van der Waals surface area contributed by atoms with Crippen LogP contribution in [0.2, 0.25) is 0 Å². The van der Waals surface area contributed by atoms with Crippen molar-refractivity contribution in [3.8, 4) is 0 Å². The topological polar surface area (TPSA) is 55.4 Å². The first-order valence-electron chi connectivity index (χ1n) is 14.3. The number of nitrogens with one attached hydrogen (secondary N) is 1. The first-order chi connectivity index (χ1) is 17.4. The third kappa shape index (κ3) is 14.5. The number of benzene rings is 1. The van der Waals surface area contributed by atoms with Crippen LogP contribution in [-0.4, -0.2) is 24.5 Å². The van der Waals surface area contributed by atoms with E-state index in [0.29, 0.717) is 12.7 Å². The van der Waals surface area contributed by atoms with E-state index in [2.05, 4.69) is 12.2 Å². The van der Waals surface area contributed by atoms with Crippen LogP contribution >= 0.6 is 0 Å². The average Bonchev–Trinajstić information content (AvgIpc) is 2.84. The molecule has 0 heterocycles. The molecule has 1 unspecified atom stereocenters. The zero-order valence-corrected chi connectivity index (χ0v) is 22.9. The molecule has 0 aliphatic heterocycles. The highest BCUT2D eigenvalue weighted by molar-refractivity contribution is 5.97. The first kappa shape index (κ1) is 32.0. The van der Waals surface area contributed by atoms with Crippen LogP contribution in [0.4, 0.5) is 8.78 Å². The molecule has 0 spiro atoms. The van der Waals surface area contributed by atoms with Crippen LogP contribution in [-0.2, 0) is 9.53 Å². The van der Waals surface area contributed by atoms with Crippen LogP contribution in [0, 0.1) is 17.6 Å². The van der Waals surface area contributed by atoms with Crippen molar-refractivity contribution in [1.29, 1.82) is 0 Å². The van der Waals surface area contributed by atoms with Gasteiger partial charge in [-0.15, -0.1) is 0 Å². The van der Waals surface area contributed by atoms with Crippen molar-refractivity contribution < 1.29 is 23.1 Å². The van der Waals surface area contributed by atoms with E-state index in [1.54, 1.807) is 13.8 Å². The lowest BCUT2D eigenvalue weighted by atomic mass is 10.0. The molecule has 1 atom stereocenters. The molecule has 0 aliphatic carbocycles. The fraction of sp³-hybridized carbons (Fsp3) is 0.733. The summed E-state index contributed by atoms with van der Waals surface area (Å²) in [6.45, 7) is 6.13. The van der Waals surface area contributed by atoms with Crippen LogP contribution in [0.5, 0.6) is 0 Å². The second-order valence-electron chi connectivity index (χ2n) is 10.3. The lowest BCUT2D eigenvalue weighted by Gasteiger charge is -2.21. The number of hydrogen-bond acceptors (Lipinski definition) is 3. The van der Waals surface area contributed by atoms with E-state index in [4.69, 9.17) is 4.74 Å². The standard InChI is InChI=1S/C30H49F2NO3/c1-4-5-6-7-8-9-10-11-12-13-14-15-16-17-18-19-22-36-30(35)28(24(2)3)33-29(34)26-21-20-25(31)23-27(26)32/h20-21,23-24,28H,4-19,22H2,1-3H3,(H,33,34). The van der Waals surface area contributed by atoms with Crippen LogP contribution in [0.25, 0.3) is 0 Å². The summed E-state index contributed by atoms with van der Waals surface area (Å²) in [4.78, 5) is 24.8. The Bertz CT molecular complexity index is 739. The molecule has 1 amide bonds. The number of carbonyl (C=O) groups excluding carboxylic acids is 2. The summed E-state index contributed by atoms with van der Waals surface area (Å²) in [6.07, 6.45) is 20.4. The molecule has 0 saturated heterocycles. The number of carbonyl (C=O) groups is 2. The molecule has 1 aromatic rings. The second kappa shape index (κ2) is 20.1. The summed E-state index contributed by atoms with van der Waals surface area (Å²) in [5.41, 5.74) is -0.298. The van der Waals surface area contributed by atoms with E-state index in [1.807, 2.05) is 0 Å². The average molecular weight is 510 g/mol. The molecule has 0 aromatic heterocycles. The van der Waals surface area contributed by atoms with Crippen LogP contribution in [0.1, 0.15) is 134 Å². The second-order valence-corrected chi connectivity index (χ2v) is 10.3. The largest absolute Gasteiger partial charge is 0.464 e. The molecular weight excluding hydrogens is 460 g/mol. The summed E-state index contributed by atoms with van der Waals surface area (Å²) in [5, 5.41) is 2.52. The molecule has 6 heteroatoms. The van der Waals surface area contributed by atoms with Crippen LogP contribution in [0.15, 0.2) is 18.2 Å². The Hall–Kier alpha value is -1.98. The molecule has 36 heavy (non-hydrogen) atoms. The van der Waals surface area contributed by atoms with E-state index in [1.165, 1.54) is 83.5 Å². The van der Waals surface area contributed by atoms with Crippen molar-refractivity contribution in [2.45, 2.75) is 130 Å². The summed E-state index contributed by atoms with van der Waals surface area (Å²) in [5.74, 6) is -3.23. The lowest BCUT2D eigenvalue weighted by Crippen LogP contribution is -2.45. The number of esters is 1. The van der Waals surface area contributed by atoms with Crippen molar-refractivity contribution in [1.82, 2.24) is 5.32 Å². The first-order valence-corrected chi connectivity index (χ1v) is 14.3. The number of rotatable bonds is 21.